The zero-order valence-electron chi connectivity index (χ0n) is 33.6. The van der Waals surface area contributed by atoms with E-state index in [-0.39, 0.29) is 47.8 Å². The summed E-state index contributed by atoms with van der Waals surface area (Å²) in [5.74, 6) is 0.663. The summed E-state index contributed by atoms with van der Waals surface area (Å²) in [5.41, 5.74) is 11.7. The molecule has 316 valence electrons. The second kappa shape index (κ2) is 17.7. The highest BCUT2D eigenvalue weighted by Gasteiger charge is 2.43. The number of nitrogens with two attached hydrogens (primary N) is 1. The Morgan fingerprint density at radius 1 is 0.852 bits per heavy atom. The summed E-state index contributed by atoms with van der Waals surface area (Å²) in [5, 5.41) is 8.63. The van der Waals surface area contributed by atoms with Crippen LogP contribution in [0.1, 0.15) is 58.9 Å². The van der Waals surface area contributed by atoms with Crippen LogP contribution >= 0.6 is 0 Å². The van der Waals surface area contributed by atoms with Crippen LogP contribution in [0.25, 0.3) is 22.3 Å². The molecule has 6 heterocycles. The predicted octanol–water partition coefficient (Wildman–Crippen LogP) is 3.85. The van der Waals surface area contributed by atoms with Crippen LogP contribution in [0.2, 0.25) is 0 Å². The highest BCUT2D eigenvalue weighted by molar-refractivity contribution is 6.24. The quantitative estimate of drug-likeness (QED) is 0.153. The first kappa shape index (κ1) is 40.1. The third-order valence-corrected chi connectivity index (χ3v) is 11.7. The van der Waals surface area contributed by atoms with E-state index in [4.69, 9.17) is 25.2 Å². The van der Waals surface area contributed by atoms with E-state index in [1.54, 1.807) is 18.2 Å². The Balaban J connectivity index is 0.722. The Kier molecular flexibility index (Phi) is 11.7. The monoisotopic (exact) mass is 829 g/mol. The first-order valence-electron chi connectivity index (χ1n) is 20.7. The van der Waals surface area contributed by atoms with Gasteiger partial charge >= 0.3 is 0 Å². The Labute approximate surface area is 351 Å². The van der Waals surface area contributed by atoms with E-state index in [1.807, 2.05) is 69.1 Å². The first-order valence-corrected chi connectivity index (χ1v) is 20.7. The summed E-state index contributed by atoms with van der Waals surface area (Å²) in [4.78, 5) is 79.1. The minimum Gasteiger partial charge on any atom is -0.457 e. The fourth-order valence-corrected chi connectivity index (χ4v) is 8.51. The number of imide groups is 1. The molecular weight excluding hydrogens is 783 g/mol. The van der Waals surface area contributed by atoms with Gasteiger partial charge in [0.25, 0.3) is 11.8 Å². The number of nitrogen functional groups attached to an aromatic ring is 1. The van der Waals surface area contributed by atoms with Crippen molar-refractivity contribution in [1.29, 1.82) is 0 Å². The average Bonchev–Trinajstić information content (AvgIpc) is 3.80. The number of nitrogens with one attached hydrogen (secondary N) is 2. The largest absolute Gasteiger partial charge is 0.457 e. The zero-order valence-corrected chi connectivity index (χ0v) is 33.6. The molecule has 61 heavy (non-hydrogen) atoms. The third kappa shape index (κ3) is 8.53. The molecule has 0 saturated carbocycles. The van der Waals surface area contributed by atoms with Gasteiger partial charge in [-0.2, -0.15) is 5.10 Å². The summed E-state index contributed by atoms with van der Waals surface area (Å²) >= 11 is 0. The molecule has 0 radical (unpaired) electrons. The van der Waals surface area contributed by atoms with Gasteiger partial charge in [0.2, 0.25) is 11.8 Å². The van der Waals surface area contributed by atoms with Gasteiger partial charge in [-0.1, -0.05) is 29.9 Å². The maximum Gasteiger partial charge on any atom is 0.265 e. The molecule has 9 rings (SSSR count). The SMILES string of the molecule is Nc1ncnc2c1c(-c1ccc(Oc3ccccc3)cc1)nn2C1CCN(CCCC(=O)N2CCN(CC(=O)Nc3cccc4c3C(=O)N(C3CCONO3)C4=O)CC2)CC1. The summed E-state index contributed by atoms with van der Waals surface area (Å²) in [6.45, 7) is 5.08. The Hall–Kier alpha value is -6.31. The number of hydrogen-bond donors (Lipinski definition) is 3. The fourth-order valence-electron chi connectivity index (χ4n) is 8.51. The second-order valence-corrected chi connectivity index (χ2v) is 15.6. The molecule has 18 heteroatoms. The molecular formula is C43H47N11O7. The number of carbonyl (C=O) groups excluding carboxylic acids is 4. The number of benzene rings is 3. The molecule has 0 bridgehead atoms. The Morgan fingerprint density at radius 3 is 2.38 bits per heavy atom. The van der Waals surface area contributed by atoms with Crippen LogP contribution in [-0.2, 0) is 19.3 Å². The van der Waals surface area contributed by atoms with Gasteiger partial charge in [-0.05, 0) is 74.3 Å². The van der Waals surface area contributed by atoms with Gasteiger partial charge in [0.15, 0.2) is 11.9 Å². The van der Waals surface area contributed by atoms with E-state index >= 15 is 0 Å². The highest BCUT2D eigenvalue weighted by Crippen LogP contribution is 2.36. The van der Waals surface area contributed by atoms with Crippen LogP contribution in [0.3, 0.4) is 0 Å². The van der Waals surface area contributed by atoms with Crippen molar-refractivity contribution >= 4 is 46.2 Å². The van der Waals surface area contributed by atoms with Crippen molar-refractivity contribution in [3.63, 3.8) is 0 Å². The van der Waals surface area contributed by atoms with Crippen LogP contribution in [0.15, 0.2) is 79.1 Å². The summed E-state index contributed by atoms with van der Waals surface area (Å²) < 4.78 is 7.99. The zero-order chi connectivity index (χ0) is 41.9. The fraction of sp³-hybridized carbons (Fsp3) is 0.372. The lowest BCUT2D eigenvalue weighted by Gasteiger charge is -2.35. The van der Waals surface area contributed by atoms with Gasteiger partial charge in [-0.15, -0.1) is 0 Å². The number of anilines is 2. The smallest absolute Gasteiger partial charge is 0.265 e. The molecule has 3 fully saturated rings. The number of rotatable bonds is 12. The second-order valence-electron chi connectivity index (χ2n) is 15.6. The molecule has 0 spiro atoms. The molecule has 0 aliphatic carbocycles. The van der Waals surface area contributed by atoms with Gasteiger partial charge in [0.1, 0.15) is 29.3 Å². The minimum absolute atomic E-state index is 0.0915. The lowest BCUT2D eigenvalue weighted by Crippen LogP contribution is -2.50. The minimum atomic E-state index is -0.819. The standard InChI is InChI=1S/C43H47N11O7/c44-40-38-39(28-11-13-31(14-12-28)60-30-6-2-1-3-7-30)48-54(41(38)46-27-45-40)29-15-19-50(20-16-29)18-5-10-35(56)52-23-21-51(22-24-52)26-34(55)47-33-9-4-8-32-37(33)43(58)53(42(32)57)36-17-25-59-49-61-36/h1-4,6-9,11-14,27,29,36,49H,5,10,15-26H2,(H,47,55)(H2,44,45,46). The molecule has 3 aromatic carbocycles. The number of piperazine rings is 1. The predicted molar refractivity (Wildman–Crippen MR) is 223 cm³/mol. The molecule has 4 aliphatic rings. The van der Waals surface area contributed by atoms with Gasteiger partial charge in [0, 0.05) is 57.7 Å². The van der Waals surface area contributed by atoms with E-state index in [1.165, 1.54) is 6.33 Å². The lowest BCUT2D eigenvalue weighted by molar-refractivity contribution is -0.259. The molecule has 2 aromatic heterocycles. The van der Waals surface area contributed by atoms with Gasteiger partial charge in [-0.3, -0.25) is 33.8 Å². The van der Waals surface area contributed by atoms with Crippen molar-refractivity contribution < 1.29 is 33.6 Å². The molecule has 4 amide bonds. The number of para-hydroxylation sites is 1. The number of fused-ring (bicyclic) bond motifs is 2. The van der Waals surface area contributed by atoms with E-state index in [2.05, 4.69) is 25.8 Å². The maximum atomic E-state index is 13.3. The van der Waals surface area contributed by atoms with Crippen molar-refractivity contribution in [2.24, 2.45) is 0 Å². The van der Waals surface area contributed by atoms with Gasteiger partial charge in [-0.25, -0.2) is 19.5 Å². The van der Waals surface area contributed by atoms with Crippen LogP contribution in [0.5, 0.6) is 11.5 Å². The summed E-state index contributed by atoms with van der Waals surface area (Å²) in [6.07, 6.45) is 3.97. The molecule has 5 aromatic rings. The number of piperidine rings is 1. The third-order valence-electron chi connectivity index (χ3n) is 11.7. The summed E-state index contributed by atoms with van der Waals surface area (Å²) in [7, 11) is 0. The number of amides is 4. The van der Waals surface area contributed by atoms with Gasteiger partial charge < -0.3 is 25.6 Å². The number of hydrogen-bond acceptors (Lipinski definition) is 14. The van der Waals surface area contributed by atoms with E-state index in [9.17, 15) is 19.2 Å². The summed E-state index contributed by atoms with van der Waals surface area (Å²) in [6, 6.07) is 22.4. The molecule has 1 unspecified atom stereocenters. The molecule has 3 saturated heterocycles. The van der Waals surface area contributed by atoms with Crippen molar-refractivity contribution in [1.82, 2.24) is 45.0 Å². The normalized spacial score (nSPS) is 19.0. The number of carbonyl (C=O) groups is 4. The number of ether oxygens (including phenoxy) is 1. The molecule has 1 atom stereocenters. The maximum absolute atomic E-state index is 13.3. The average molecular weight is 830 g/mol. The molecule has 4 aliphatic heterocycles. The van der Waals surface area contributed by atoms with E-state index < -0.39 is 18.0 Å². The van der Waals surface area contributed by atoms with Crippen LogP contribution in [0.4, 0.5) is 11.5 Å². The number of likely N-dealkylation sites (tertiary alicyclic amines) is 1. The number of aromatic nitrogens is 4. The first-order chi connectivity index (χ1) is 29.8. The van der Waals surface area contributed by atoms with Gasteiger partial charge in [0.05, 0.1) is 41.4 Å². The Bertz CT molecular complexity index is 2410. The van der Waals surface area contributed by atoms with Crippen molar-refractivity contribution in [3.8, 4) is 22.8 Å². The topological polar surface area (TPSA) is 203 Å². The van der Waals surface area contributed by atoms with E-state index in [0.29, 0.717) is 44.8 Å². The molecule has 4 N–H and O–H groups in total. The lowest BCUT2D eigenvalue weighted by atomic mass is 10.0. The van der Waals surface area contributed by atoms with Crippen molar-refractivity contribution in [2.75, 3.05) is 70.0 Å². The highest BCUT2D eigenvalue weighted by atomic mass is 16.9. The van der Waals surface area contributed by atoms with Crippen molar-refractivity contribution in [3.05, 3.63) is 90.3 Å². The van der Waals surface area contributed by atoms with Crippen molar-refractivity contribution in [2.45, 2.75) is 44.4 Å². The van der Waals surface area contributed by atoms with Crippen LogP contribution in [-0.4, -0.2) is 128 Å². The van der Waals surface area contributed by atoms with Crippen LogP contribution < -0.4 is 21.4 Å². The molecule has 18 nitrogen and oxygen atoms in total. The van der Waals surface area contributed by atoms with Crippen LogP contribution in [0, 0.1) is 0 Å². The number of nitrogens with zero attached hydrogens (tertiary/aromatic N) is 8. The Morgan fingerprint density at radius 2 is 1.62 bits per heavy atom. The van der Waals surface area contributed by atoms with E-state index in [0.717, 1.165) is 77.6 Å².